The molecule has 3 aromatic carbocycles. The van der Waals surface area contributed by atoms with E-state index in [1.807, 2.05) is 62.4 Å². The summed E-state index contributed by atoms with van der Waals surface area (Å²) in [7, 11) is 4.57. The molecule has 0 bridgehead atoms. The number of fused-ring (bicyclic) bond motifs is 1. The first-order valence-corrected chi connectivity index (χ1v) is 12.2. The topological polar surface area (TPSA) is 83.8 Å². The monoisotopic (exact) mass is 503 g/mol. The summed E-state index contributed by atoms with van der Waals surface area (Å²) in [5.41, 5.74) is 3.46. The second-order valence-electron chi connectivity index (χ2n) is 8.74. The number of nitrogens with zero attached hydrogens (tertiary/aromatic N) is 2. The van der Waals surface area contributed by atoms with Crippen LogP contribution < -0.4 is 24.3 Å². The van der Waals surface area contributed by atoms with Crippen LogP contribution in [0.5, 0.6) is 23.0 Å². The average molecular weight is 504 g/mol. The molecule has 4 rings (SSSR count). The second-order valence-corrected chi connectivity index (χ2v) is 8.74. The molecular formula is C29H33N3O5. The van der Waals surface area contributed by atoms with Crippen molar-refractivity contribution in [1.82, 2.24) is 14.9 Å². The van der Waals surface area contributed by atoms with Crippen LogP contribution in [0.1, 0.15) is 41.1 Å². The number of carbonyl (C=O) groups is 1. The van der Waals surface area contributed by atoms with E-state index >= 15 is 0 Å². The number of aromatic nitrogens is 2. The third-order valence-electron chi connectivity index (χ3n) is 6.13. The van der Waals surface area contributed by atoms with E-state index in [2.05, 4.69) is 9.88 Å². The lowest BCUT2D eigenvalue weighted by molar-refractivity contribution is 0.0936. The number of amides is 1. The van der Waals surface area contributed by atoms with E-state index in [1.54, 1.807) is 12.1 Å². The van der Waals surface area contributed by atoms with Crippen molar-refractivity contribution in [3.63, 3.8) is 0 Å². The largest absolute Gasteiger partial charge is 0.494 e. The van der Waals surface area contributed by atoms with Gasteiger partial charge in [0.25, 0.3) is 5.91 Å². The zero-order chi connectivity index (χ0) is 26.4. The summed E-state index contributed by atoms with van der Waals surface area (Å²) in [4.78, 5) is 18.1. The Morgan fingerprint density at radius 2 is 1.70 bits per heavy atom. The number of aryl methyl sites for hydroxylation is 2. The van der Waals surface area contributed by atoms with Crippen LogP contribution in [0.2, 0.25) is 0 Å². The van der Waals surface area contributed by atoms with Crippen LogP contribution in [0, 0.1) is 6.92 Å². The number of nitrogens with one attached hydrogen (secondary N) is 1. The van der Waals surface area contributed by atoms with E-state index < -0.39 is 0 Å². The first-order valence-electron chi connectivity index (χ1n) is 12.2. The summed E-state index contributed by atoms with van der Waals surface area (Å²) in [5, 5.41) is 3.07. The highest BCUT2D eigenvalue weighted by Crippen LogP contribution is 2.38. The fourth-order valence-corrected chi connectivity index (χ4v) is 4.33. The van der Waals surface area contributed by atoms with Crippen molar-refractivity contribution >= 4 is 16.9 Å². The number of hydrogen-bond acceptors (Lipinski definition) is 6. The first kappa shape index (κ1) is 25.9. The van der Waals surface area contributed by atoms with E-state index in [4.69, 9.17) is 23.9 Å². The summed E-state index contributed by atoms with van der Waals surface area (Å²) < 4.78 is 24.3. The minimum Gasteiger partial charge on any atom is -0.494 e. The first-order chi connectivity index (χ1) is 17.9. The van der Waals surface area contributed by atoms with E-state index in [0.717, 1.165) is 34.6 Å². The van der Waals surface area contributed by atoms with Crippen LogP contribution >= 0.6 is 0 Å². The third kappa shape index (κ3) is 5.80. The molecule has 0 aliphatic heterocycles. The number of para-hydroxylation sites is 2. The number of carbonyl (C=O) groups excluding carboxylic acids is 1. The van der Waals surface area contributed by atoms with Crippen molar-refractivity contribution < 1.29 is 23.7 Å². The zero-order valence-electron chi connectivity index (χ0n) is 21.9. The highest BCUT2D eigenvalue weighted by Gasteiger charge is 2.22. The molecule has 4 aromatic rings. The van der Waals surface area contributed by atoms with E-state index in [1.165, 1.54) is 21.3 Å². The number of hydrogen-bond donors (Lipinski definition) is 1. The molecule has 0 radical (unpaired) electrons. The Kier molecular flexibility index (Phi) is 8.18. The van der Waals surface area contributed by atoms with Gasteiger partial charge in [-0.1, -0.05) is 24.3 Å². The van der Waals surface area contributed by atoms with Crippen LogP contribution in [0.15, 0.2) is 60.7 Å². The molecule has 1 unspecified atom stereocenters. The van der Waals surface area contributed by atoms with Crippen LogP contribution in [-0.2, 0) is 6.54 Å². The molecular weight excluding hydrogens is 470 g/mol. The Bertz CT molecular complexity index is 1360. The van der Waals surface area contributed by atoms with Gasteiger partial charge in [-0.3, -0.25) is 4.79 Å². The number of methoxy groups -OCH3 is 3. The quantitative estimate of drug-likeness (QED) is 0.279. The average Bonchev–Trinajstić information content (AvgIpc) is 3.29. The normalized spacial score (nSPS) is 11.7. The lowest BCUT2D eigenvalue weighted by atomic mass is 10.1. The summed E-state index contributed by atoms with van der Waals surface area (Å²) in [6.45, 7) is 5.25. The SMILES string of the molecule is COc1cc(C(=O)NC(C)c2nc3ccccc3n2CCCOc2cccc(C)c2)cc(OC)c1OC. The highest BCUT2D eigenvalue weighted by molar-refractivity contribution is 5.96. The molecule has 1 amide bonds. The summed E-state index contributed by atoms with van der Waals surface area (Å²) in [5.74, 6) is 2.64. The zero-order valence-corrected chi connectivity index (χ0v) is 21.9. The maximum absolute atomic E-state index is 13.2. The van der Waals surface area contributed by atoms with Crippen molar-refractivity contribution in [2.45, 2.75) is 32.9 Å². The Labute approximate surface area is 217 Å². The van der Waals surface area contributed by atoms with Crippen molar-refractivity contribution in [3.05, 3.63) is 77.6 Å². The van der Waals surface area contributed by atoms with Crippen LogP contribution in [0.3, 0.4) is 0 Å². The second kappa shape index (κ2) is 11.7. The minimum atomic E-state index is -0.350. The van der Waals surface area contributed by atoms with Gasteiger partial charge in [0.2, 0.25) is 5.75 Å². The molecule has 0 aliphatic rings. The molecule has 37 heavy (non-hydrogen) atoms. The van der Waals surface area contributed by atoms with Gasteiger partial charge in [-0.2, -0.15) is 0 Å². The van der Waals surface area contributed by atoms with Gasteiger partial charge in [0.05, 0.1) is 45.0 Å². The Balaban J connectivity index is 1.52. The molecule has 1 aromatic heterocycles. The maximum Gasteiger partial charge on any atom is 0.252 e. The van der Waals surface area contributed by atoms with Gasteiger partial charge in [0.1, 0.15) is 11.6 Å². The van der Waals surface area contributed by atoms with Gasteiger partial charge in [0.15, 0.2) is 11.5 Å². The van der Waals surface area contributed by atoms with Gasteiger partial charge in [-0.25, -0.2) is 4.98 Å². The van der Waals surface area contributed by atoms with E-state index in [0.29, 0.717) is 36.0 Å². The van der Waals surface area contributed by atoms with Crippen LogP contribution in [0.4, 0.5) is 0 Å². The molecule has 8 heteroatoms. The molecule has 0 fully saturated rings. The molecule has 0 saturated heterocycles. The smallest absolute Gasteiger partial charge is 0.252 e. The van der Waals surface area contributed by atoms with Crippen molar-refractivity contribution in [1.29, 1.82) is 0 Å². The summed E-state index contributed by atoms with van der Waals surface area (Å²) >= 11 is 0. The number of ether oxygens (including phenoxy) is 4. The number of rotatable bonds is 11. The molecule has 1 atom stereocenters. The predicted octanol–water partition coefficient (Wildman–Crippen LogP) is 5.33. The van der Waals surface area contributed by atoms with Crippen LogP contribution in [-0.4, -0.2) is 43.4 Å². The molecule has 1 N–H and O–H groups in total. The molecule has 0 saturated carbocycles. The van der Waals surface area contributed by atoms with Gasteiger partial charge in [-0.15, -0.1) is 0 Å². The van der Waals surface area contributed by atoms with Crippen LogP contribution in [0.25, 0.3) is 11.0 Å². The maximum atomic E-state index is 13.2. The minimum absolute atomic E-state index is 0.270. The number of imidazole rings is 1. The van der Waals surface area contributed by atoms with Gasteiger partial charge < -0.3 is 28.8 Å². The molecule has 8 nitrogen and oxygen atoms in total. The van der Waals surface area contributed by atoms with Gasteiger partial charge in [0, 0.05) is 12.1 Å². The fourth-order valence-electron chi connectivity index (χ4n) is 4.33. The standard InChI is InChI=1S/C29H33N3O5/c1-19-10-8-11-22(16-19)37-15-9-14-32-24-13-7-6-12-23(24)31-28(32)20(2)30-29(33)21-17-25(34-3)27(36-5)26(18-21)35-4/h6-8,10-13,16-18,20H,9,14-15H2,1-5H3,(H,30,33). The molecule has 0 aliphatic carbocycles. The highest BCUT2D eigenvalue weighted by atomic mass is 16.5. The predicted molar refractivity (Wildman–Crippen MR) is 143 cm³/mol. The lowest BCUT2D eigenvalue weighted by Crippen LogP contribution is -2.29. The van der Waals surface area contributed by atoms with E-state index in [9.17, 15) is 4.79 Å². The Morgan fingerprint density at radius 1 is 0.973 bits per heavy atom. The van der Waals surface area contributed by atoms with Gasteiger partial charge in [-0.05, 0) is 62.2 Å². The number of benzene rings is 3. The summed E-state index contributed by atoms with van der Waals surface area (Å²) in [6, 6.07) is 18.9. The van der Waals surface area contributed by atoms with Crippen molar-refractivity contribution in [2.75, 3.05) is 27.9 Å². The van der Waals surface area contributed by atoms with Gasteiger partial charge >= 0.3 is 0 Å². The molecule has 194 valence electrons. The lowest BCUT2D eigenvalue weighted by Gasteiger charge is -2.18. The Morgan fingerprint density at radius 3 is 2.38 bits per heavy atom. The fraction of sp³-hybridized carbons (Fsp3) is 0.310. The summed E-state index contributed by atoms with van der Waals surface area (Å²) in [6.07, 6.45) is 0.787. The molecule has 0 spiro atoms. The van der Waals surface area contributed by atoms with Crippen molar-refractivity contribution in [3.8, 4) is 23.0 Å². The molecule has 1 heterocycles. The third-order valence-corrected chi connectivity index (χ3v) is 6.13. The van der Waals surface area contributed by atoms with E-state index in [-0.39, 0.29) is 11.9 Å². The Hall–Kier alpha value is -4.20. The van der Waals surface area contributed by atoms with Crippen molar-refractivity contribution in [2.24, 2.45) is 0 Å².